The summed E-state index contributed by atoms with van der Waals surface area (Å²) in [7, 11) is 0. The van der Waals surface area contributed by atoms with Crippen molar-refractivity contribution in [3.8, 4) is 0 Å². The van der Waals surface area contributed by atoms with Crippen LogP contribution in [0.25, 0.3) is 0 Å². The van der Waals surface area contributed by atoms with Crippen molar-refractivity contribution in [2.24, 2.45) is 0 Å². The van der Waals surface area contributed by atoms with Crippen LogP contribution in [0.15, 0.2) is 6.07 Å². The molecular formula is C14H25N5S. The van der Waals surface area contributed by atoms with Crippen molar-refractivity contribution in [3.63, 3.8) is 0 Å². The van der Waals surface area contributed by atoms with Crippen molar-refractivity contribution < 1.29 is 0 Å². The first-order valence-electron chi connectivity index (χ1n) is 7.47. The molecule has 1 aliphatic carbocycles. The monoisotopic (exact) mass is 295 g/mol. The summed E-state index contributed by atoms with van der Waals surface area (Å²) in [5.74, 6) is 3.16. The van der Waals surface area contributed by atoms with E-state index in [2.05, 4.69) is 46.2 Å². The summed E-state index contributed by atoms with van der Waals surface area (Å²) in [6.45, 7) is 5.25. The standard InChI is InChI=1S/C14H25N5S/c1-3-7-16-12-9-13(19-14(15)18-12)17-10-5-6-11(8-10)20-4-2/h9-11H,3-8H2,1-2H3,(H4,15,16,17,18,19). The Balaban J connectivity index is 1.93. The minimum absolute atomic E-state index is 0.325. The van der Waals surface area contributed by atoms with Gasteiger partial charge < -0.3 is 16.4 Å². The lowest BCUT2D eigenvalue weighted by Gasteiger charge is -2.15. The van der Waals surface area contributed by atoms with Crippen molar-refractivity contribution in [2.75, 3.05) is 28.7 Å². The van der Waals surface area contributed by atoms with Crippen LogP contribution in [0.1, 0.15) is 39.5 Å². The Hall–Kier alpha value is -1.17. The molecule has 2 atom stereocenters. The molecular weight excluding hydrogens is 270 g/mol. The Morgan fingerprint density at radius 2 is 2.10 bits per heavy atom. The van der Waals surface area contributed by atoms with Gasteiger partial charge in [-0.15, -0.1) is 0 Å². The SMILES string of the molecule is CCCNc1cc(NC2CCC(SCC)C2)nc(N)n1. The highest BCUT2D eigenvalue weighted by atomic mass is 32.2. The molecule has 0 aromatic carbocycles. The molecule has 1 aromatic heterocycles. The number of hydrogen-bond acceptors (Lipinski definition) is 6. The number of nitrogen functional groups attached to an aromatic ring is 1. The molecule has 0 spiro atoms. The van der Waals surface area contributed by atoms with Crippen molar-refractivity contribution in [2.45, 2.75) is 50.8 Å². The smallest absolute Gasteiger partial charge is 0.223 e. The lowest BCUT2D eigenvalue weighted by molar-refractivity contribution is 0.751. The molecule has 4 N–H and O–H groups in total. The summed E-state index contributed by atoms with van der Waals surface area (Å²) < 4.78 is 0. The average Bonchev–Trinajstić information content (AvgIpc) is 2.83. The first kappa shape index (κ1) is 15.2. The third-order valence-corrected chi connectivity index (χ3v) is 4.67. The Labute approximate surface area is 125 Å². The zero-order valence-corrected chi connectivity index (χ0v) is 13.2. The average molecular weight is 295 g/mol. The van der Waals surface area contributed by atoms with Gasteiger partial charge in [0, 0.05) is 23.9 Å². The molecule has 1 saturated carbocycles. The Morgan fingerprint density at radius 3 is 2.85 bits per heavy atom. The van der Waals surface area contributed by atoms with E-state index in [1.54, 1.807) is 0 Å². The van der Waals surface area contributed by atoms with Gasteiger partial charge in [0.1, 0.15) is 11.6 Å². The van der Waals surface area contributed by atoms with Gasteiger partial charge in [0.05, 0.1) is 0 Å². The van der Waals surface area contributed by atoms with Crippen molar-refractivity contribution >= 4 is 29.3 Å². The zero-order chi connectivity index (χ0) is 14.4. The minimum Gasteiger partial charge on any atom is -0.370 e. The zero-order valence-electron chi connectivity index (χ0n) is 12.4. The van der Waals surface area contributed by atoms with Gasteiger partial charge in [-0.1, -0.05) is 13.8 Å². The maximum Gasteiger partial charge on any atom is 0.223 e. The Kier molecular flexibility index (Phi) is 5.76. The van der Waals surface area contributed by atoms with E-state index in [9.17, 15) is 0 Å². The number of thioether (sulfide) groups is 1. The summed E-state index contributed by atoms with van der Waals surface area (Å²) in [6.07, 6.45) is 4.77. The summed E-state index contributed by atoms with van der Waals surface area (Å²) in [4.78, 5) is 8.49. The number of aromatic nitrogens is 2. The van der Waals surface area contributed by atoms with Crippen LogP contribution in [0.4, 0.5) is 17.6 Å². The van der Waals surface area contributed by atoms with Crippen LogP contribution in [0.2, 0.25) is 0 Å². The normalized spacial score (nSPS) is 21.9. The molecule has 2 rings (SSSR count). The molecule has 0 aliphatic heterocycles. The van der Waals surface area contributed by atoms with E-state index in [1.807, 2.05) is 6.07 Å². The molecule has 0 saturated heterocycles. The molecule has 1 aliphatic rings. The molecule has 112 valence electrons. The maximum absolute atomic E-state index is 5.77. The van der Waals surface area contributed by atoms with Crippen LogP contribution in [0, 0.1) is 0 Å². The van der Waals surface area contributed by atoms with Crippen LogP contribution >= 0.6 is 11.8 Å². The van der Waals surface area contributed by atoms with E-state index < -0.39 is 0 Å². The van der Waals surface area contributed by atoms with E-state index in [-0.39, 0.29) is 0 Å². The fourth-order valence-corrected chi connectivity index (χ4v) is 3.69. The molecule has 2 unspecified atom stereocenters. The Morgan fingerprint density at radius 1 is 1.30 bits per heavy atom. The number of nitrogens with zero attached hydrogens (tertiary/aromatic N) is 2. The van der Waals surface area contributed by atoms with Crippen LogP contribution in [-0.2, 0) is 0 Å². The van der Waals surface area contributed by atoms with Crippen LogP contribution < -0.4 is 16.4 Å². The Bertz CT molecular complexity index is 426. The molecule has 1 heterocycles. The van der Waals surface area contributed by atoms with Crippen LogP contribution in [0.5, 0.6) is 0 Å². The summed E-state index contributed by atoms with van der Waals surface area (Å²) in [5, 5.41) is 7.54. The number of rotatable bonds is 7. The quantitative estimate of drug-likeness (QED) is 0.718. The van der Waals surface area contributed by atoms with Crippen LogP contribution in [0.3, 0.4) is 0 Å². The van der Waals surface area contributed by atoms with Crippen molar-refractivity contribution in [3.05, 3.63) is 6.07 Å². The first-order valence-corrected chi connectivity index (χ1v) is 8.52. The van der Waals surface area contributed by atoms with E-state index in [0.717, 1.165) is 29.9 Å². The lowest BCUT2D eigenvalue weighted by Crippen LogP contribution is -2.18. The minimum atomic E-state index is 0.325. The molecule has 0 bridgehead atoms. The molecule has 5 nitrogen and oxygen atoms in total. The first-order chi connectivity index (χ1) is 9.71. The molecule has 0 radical (unpaired) electrons. The second-order valence-electron chi connectivity index (χ2n) is 5.16. The number of nitrogens with one attached hydrogen (secondary N) is 2. The highest BCUT2D eigenvalue weighted by molar-refractivity contribution is 7.99. The molecule has 1 fully saturated rings. The predicted octanol–water partition coefficient (Wildman–Crippen LogP) is 2.97. The van der Waals surface area contributed by atoms with Gasteiger partial charge in [-0.3, -0.25) is 0 Å². The maximum atomic E-state index is 5.77. The van der Waals surface area contributed by atoms with Gasteiger partial charge in [0.25, 0.3) is 0 Å². The molecule has 1 aromatic rings. The van der Waals surface area contributed by atoms with E-state index in [4.69, 9.17) is 5.73 Å². The highest BCUT2D eigenvalue weighted by Crippen LogP contribution is 2.31. The number of nitrogens with two attached hydrogens (primary N) is 1. The lowest BCUT2D eigenvalue weighted by atomic mass is 10.2. The molecule has 0 amide bonds. The van der Waals surface area contributed by atoms with E-state index in [1.165, 1.54) is 25.0 Å². The summed E-state index contributed by atoms with van der Waals surface area (Å²) in [5.41, 5.74) is 5.77. The topological polar surface area (TPSA) is 75.9 Å². The van der Waals surface area contributed by atoms with Gasteiger partial charge in [-0.05, 0) is 31.4 Å². The largest absolute Gasteiger partial charge is 0.370 e. The van der Waals surface area contributed by atoms with E-state index in [0.29, 0.717) is 12.0 Å². The number of hydrogen-bond donors (Lipinski definition) is 3. The molecule has 6 heteroatoms. The van der Waals surface area contributed by atoms with Crippen LogP contribution in [-0.4, -0.2) is 33.6 Å². The molecule has 20 heavy (non-hydrogen) atoms. The fourth-order valence-electron chi connectivity index (χ4n) is 2.55. The fraction of sp³-hybridized carbons (Fsp3) is 0.714. The second-order valence-corrected chi connectivity index (χ2v) is 6.73. The van der Waals surface area contributed by atoms with Crippen molar-refractivity contribution in [1.82, 2.24) is 9.97 Å². The van der Waals surface area contributed by atoms with Gasteiger partial charge in [-0.25, -0.2) is 0 Å². The second kappa shape index (κ2) is 7.57. The summed E-state index contributed by atoms with van der Waals surface area (Å²) in [6, 6.07) is 2.46. The number of anilines is 3. The third-order valence-electron chi connectivity index (χ3n) is 3.44. The van der Waals surface area contributed by atoms with Gasteiger partial charge in [0.2, 0.25) is 5.95 Å². The van der Waals surface area contributed by atoms with Gasteiger partial charge >= 0.3 is 0 Å². The third kappa shape index (κ3) is 4.44. The van der Waals surface area contributed by atoms with Gasteiger partial charge in [0.15, 0.2) is 0 Å². The predicted molar refractivity (Wildman–Crippen MR) is 88.4 cm³/mol. The van der Waals surface area contributed by atoms with Gasteiger partial charge in [-0.2, -0.15) is 21.7 Å². The van der Waals surface area contributed by atoms with E-state index >= 15 is 0 Å². The van der Waals surface area contributed by atoms with Crippen molar-refractivity contribution in [1.29, 1.82) is 0 Å². The summed E-state index contributed by atoms with van der Waals surface area (Å²) >= 11 is 2.06. The highest BCUT2D eigenvalue weighted by Gasteiger charge is 2.24.